The Morgan fingerprint density at radius 3 is 1.27 bits per heavy atom. The van der Waals surface area contributed by atoms with Crippen molar-refractivity contribution >= 4 is 110 Å². The molecular weight excluding hydrogens is 1040 g/mol. The van der Waals surface area contributed by atoms with E-state index in [1.54, 1.807) is 0 Å². The number of furan rings is 2. The molecule has 4 fully saturated rings. The molecule has 0 spiro atoms. The zero-order chi connectivity index (χ0) is 57.5. The third kappa shape index (κ3) is 10.2. The molecule has 0 radical (unpaired) electrons. The predicted molar refractivity (Wildman–Crippen MR) is 367 cm³/mol. The fourth-order valence-corrected chi connectivity index (χ4v) is 16.6. The molecule has 2 aromatic heterocycles. The first-order chi connectivity index (χ1) is 42.6. The molecule has 0 atom stereocenters. The van der Waals surface area contributed by atoms with Crippen molar-refractivity contribution in [3.63, 3.8) is 0 Å². The molecule has 0 saturated heterocycles. The lowest BCUT2D eigenvalue weighted by Gasteiger charge is -2.30. The van der Waals surface area contributed by atoms with Crippen LogP contribution in [0.25, 0.3) is 76.2 Å². The van der Waals surface area contributed by atoms with Gasteiger partial charge in [-0.3, -0.25) is 0 Å². The highest BCUT2D eigenvalue weighted by Crippen LogP contribution is 2.52. The van der Waals surface area contributed by atoms with E-state index in [1.165, 1.54) is 224 Å². The van der Waals surface area contributed by atoms with E-state index in [0.717, 1.165) is 68.8 Å². The van der Waals surface area contributed by atoms with Crippen LogP contribution in [0.2, 0.25) is 0 Å². The summed E-state index contributed by atoms with van der Waals surface area (Å²) in [4.78, 5) is 5.03. The number of anilines is 6. The Kier molecular flexibility index (Phi) is 15.6. The number of hydrogen-bond acceptors (Lipinski definition) is 4. The van der Waals surface area contributed by atoms with Crippen molar-refractivity contribution in [3.8, 4) is 0 Å². The van der Waals surface area contributed by atoms with E-state index in [0.29, 0.717) is 17.8 Å². The molecule has 0 bridgehead atoms. The van der Waals surface area contributed by atoms with Gasteiger partial charge in [-0.05, 0) is 161 Å². The smallest absolute Gasteiger partial charge is 0.159 e. The highest BCUT2D eigenvalue weighted by atomic mass is 16.3. The Labute approximate surface area is 509 Å². The molecule has 0 N–H and O–H groups in total. The van der Waals surface area contributed by atoms with Gasteiger partial charge in [0.15, 0.2) is 11.2 Å². The summed E-state index contributed by atoms with van der Waals surface area (Å²) in [5.74, 6) is 2.52. The molecule has 4 nitrogen and oxygen atoms in total. The summed E-state index contributed by atoms with van der Waals surface area (Å²) in [5.41, 5.74) is 16.4. The van der Waals surface area contributed by atoms with Crippen molar-refractivity contribution in [1.82, 2.24) is 0 Å². The van der Waals surface area contributed by atoms with Gasteiger partial charge in [-0.25, -0.2) is 0 Å². The van der Waals surface area contributed by atoms with Crippen LogP contribution in [0.4, 0.5) is 34.1 Å². The molecular formula is C82H86N2O2. The maximum absolute atomic E-state index is 7.29. The van der Waals surface area contributed by atoms with Crippen LogP contribution >= 0.6 is 0 Å². The van der Waals surface area contributed by atoms with Gasteiger partial charge in [-0.1, -0.05) is 244 Å². The summed E-state index contributed by atoms with van der Waals surface area (Å²) in [6.07, 6.45) is 31.5. The Morgan fingerprint density at radius 2 is 0.756 bits per heavy atom. The Bertz CT molecular complexity index is 4300. The van der Waals surface area contributed by atoms with Gasteiger partial charge in [-0.2, -0.15) is 0 Å². The molecule has 86 heavy (non-hydrogen) atoms. The SMILES string of the molecule is CCCCCCC.c1cc(CC2CCCC2)c2oc3c(N(c4ccc(C5CCCCC5)cc4)c4ccc5ccc6c(N(c7ccc(C8CCCCC8)cc7)c7cccc8c7oc7c(C9CCCC9)cccc78)ccc7ccc4c5c76)cccc3c2c1. The highest BCUT2D eigenvalue weighted by Gasteiger charge is 2.29. The van der Waals surface area contributed by atoms with Gasteiger partial charge in [0.05, 0.1) is 22.7 Å². The van der Waals surface area contributed by atoms with Crippen LogP contribution in [-0.4, -0.2) is 0 Å². The lowest BCUT2D eigenvalue weighted by atomic mass is 9.84. The van der Waals surface area contributed by atoms with E-state index in [1.807, 2.05) is 0 Å². The van der Waals surface area contributed by atoms with E-state index < -0.39 is 0 Å². The maximum atomic E-state index is 7.29. The molecule has 4 aliphatic rings. The molecule has 0 aliphatic heterocycles. The lowest BCUT2D eigenvalue weighted by molar-refractivity contribution is 0.443. The van der Waals surface area contributed by atoms with Crippen LogP contribution in [0.15, 0.2) is 179 Å². The molecule has 12 aromatic rings. The van der Waals surface area contributed by atoms with Crippen LogP contribution in [0, 0.1) is 5.92 Å². The van der Waals surface area contributed by atoms with E-state index in [4.69, 9.17) is 8.83 Å². The minimum Gasteiger partial charge on any atom is -0.454 e. The van der Waals surface area contributed by atoms with Gasteiger partial charge in [0.2, 0.25) is 0 Å². The largest absolute Gasteiger partial charge is 0.454 e. The number of fused-ring (bicyclic) bond motifs is 6. The second-order valence-electron chi connectivity index (χ2n) is 26.5. The van der Waals surface area contributed by atoms with Crippen LogP contribution in [-0.2, 0) is 6.42 Å². The monoisotopic (exact) mass is 1130 g/mol. The van der Waals surface area contributed by atoms with Crippen molar-refractivity contribution in [2.45, 2.75) is 186 Å². The fraction of sp³-hybridized carbons (Fsp3) is 0.366. The summed E-state index contributed by atoms with van der Waals surface area (Å²) in [5, 5.41) is 12.3. The molecule has 16 rings (SSSR count). The molecule has 4 aliphatic carbocycles. The second-order valence-corrected chi connectivity index (χ2v) is 26.5. The highest BCUT2D eigenvalue weighted by molar-refractivity contribution is 6.29. The zero-order valence-corrected chi connectivity index (χ0v) is 51.2. The minimum atomic E-state index is 0.543. The number of nitrogens with zero attached hydrogens (tertiary/aromatic N) is 2. The van der Waals surface area contributed by atoms with Crippen LogP contribution in [0.3, 0.4) is 0 Å². The molecule has 10 aromatic carbocycles. The van der Waals surface area contributed by atoms with Gasteiger partial charge in [0.1, 0.15) is 11.2 Å². The minimum absolute atomic E-state index is 0.543. The lowest BCUT2D eigenvalue weighted by Crippen LogP contribution is -2.12. The molecule has 436 valence electrons. The summed E-state index contributed by atoms with van der Waals surface area (Å²) in [6.45, 7) is 4.49. The fourth-order valence-electron chi connectivity index (χ4n) is 16.6. The van der Waals surface area contributed by atoms with Gasteiger partial charge < -0.3 is 18.6 Å². The standard InChI is InChI=1S/C75H70N2O2.C7H16/c1-3-17-49(18-4-1)51-31-39-57(40-32-51)76(68-29-13-27-62-60-25-11-23-56(72(60)78-74(62)68)47-48-15-7-8-16-48)66-45-37-54-36-44-65-67(46-38-55-35-43-64(66)70(54)71(55)65)77(58-41-33-52(34-42-58)50-19-5-2-6-20-50)69-30-14-28-63-61-26-12-24-59(53-21-9-10-22-53)73(61)79-75(63)69;1-3-5-7-6-4-2/h11-14,23-46,48-50,53H,1-10,15-22,47H2;3-7H2,1-2H3. The zero-order valence-electron chi connectivity index (χ0n) is 51.2. The molecule has 0 amide bonds. The average Bonchev–Trinajstić information content (AvgIpc) is 1.31. The first-order valence-electron chi connectivity index (χ1n) is 34.0. The van der Waals surface area contributed by atoms with Crippen LogP contribution in [0.1, 0.15) is 202 Å². The van der Waals surface area contributed by atoms with E-state index in [-0.39, 0.29) is 0 Å². The van der Waals surface area contributed by atoms with Gasteiger partial charge in [0, 0.05) is 43.7 Å². The molecule has 2 heterocycles. The van der Waals surface area contributed by atoms with Crippen molar-refractivity contribution in [2.24, 2.45) is 5.92 Å². The number of benzene rings is 10. The van der Waals surface area contributed by atoms with Crippen molar-refractivity contribution < 1.29 is 8.83 Å². The number of hydrogen-bond donors (Lipinski definition) is 0. The van der Waals surface area contributed by atoms with Crippen molar-refractivity contribution in [2.75, 3.05) is 9.80 Å². The Morgan fingerprint density at radius 1 is 0.337 bits per heavy atom. The van der Waals surface area contributed by atoms with E-state index in [9.17, 15) is 0 Å². The summed E-state index contributed by atoms with van der Waals surface area (Å²) in [6, 6.07) is 65.6. The number of rotatable bonds is 15. The number of unbranched alkanes of at least 4 members (excludes halogenated alkanes) is 4. The molecule has 4 saturated carbocycles. The second kappa shape index (κ2) is 24.3. The summed E-state index contributed by atoms with van der Waals surface area (Å²) in [7, 11) is 0. The van der Waals surface area contributed by atoms with Crippen molar-refractivity contribution in [3.05, 3.63) is 192 Å². The van der Waals surface area contributed by atoms with Gasteiger partial charge >= 0.3 is 0 Å². The first kappa shape index (κ1) is 55.0. The van der Waals surface area contributed by atoms with Gasteiger partial charge in [0.25, 0.3) is 0 Å². The Balaban J connectivity index is 0.000000844. The van der Waals surface area contributed by atoms with Crippen LogP contribution < -0.4 is 9.80 Å². The van der Waals surface area contributed by atoms with Gasteiger partial charge in [-0.15, -0.1) is 0 Å². The summed E-state index contributed by atoms with van der Waals surface area (Å²) >= 11 is 0. The average molecular weight is 1130 g/mol. The van der Waals surface area contributed by atoms with Crippen LogP contribution in [0.5, 0.6) is 0 Å². The Hall–Kier alpha value is -7.56. The third-order valence-electron chi connectivity index (χ3n) is 21.1. The molecule has 0 unspecified atom stereocenters. The van der Waals surface area contributed by atoms with Crippen molar-refractivity contribution in [1.29, 1.82) is 0 Å². The molecule has 4 heteroatoms. The number of para-hydroxylation sites is 4. The quantitative estimate of drug-likeness (QED) is 0.0756. The summed E-state index contributed by atoms with van der Waals surface area (Å²) < 4.78 is 14.6. The predicted octanol–water partition coefficient (Wildman–Crippen LogP) is 25.8. The normalized spacial score (nSPS) is 16.7. The maximum Gasteiger partial charge on any atom is 0.159 e. The third-order valence-corrected chi connectivity index (χ3v) is 21.1. The first-order valence-corrected chi connectivity index (χ1v) is 34.0. The van der Waals surface area contributed by atoms with E-state index >= 15 is 0 Å². The topological polar surface area (TPSA) is 32.8 Å². The van der Waals surface area contributed by atoms with E-state index in [2.05, 4.69) is 194 Å².